The third kappa shape index (κ3) is 3.94. The summed E-state index contributed by atoms with van der Waals surface area (Å²) in [4.78, 5) is 2.15. The van der Waals surface area contributed by atoms with Crippen LogP contribution in [0.15, 0.2) is 28.4 Å². The van der Waals surface area contributed by atoms with E-state index in [-0.39, 0.29) is 16.7 Å². The lowest BCUT2D eigenvalue weighted by atomic mass is 10.2. The molecule has 0 saturated carbocycles. The lowest BCUT2D eigenvalue weighted by Gasteiger charge is -2.27. The fraction of sp³-hybridized carbons (Fsp3) is 0.438. The summed E-state index contributed by atoms with van der Waals surface area (Å²) in [6.45, 7) is 5.81. The second-order valence-electron chi connectivity index (χ2n) is 5.67. The Morgan fingerprint density at radius 3 is 2.88 bits per heavy atom. The predicted octanol–water partition coefficient (Wildman–Crippen LogP) is 2.75. The molecule has 0 aliphatic carbocycles. The maximum atomic E-state index is 13.7. The van der Waals surface area contributed by atoms with E-state index in [1.54, 1.807) is 10.6 Å². The minimum atomic E-state index is -0.401. The van der Waals surface area contributed by atoms with E-state index < -0.39 is 5.82 Å². The molecule has 0 atom stereocenters. The maximum absolute atomic E-state index is 13.7. The van der Waals surface area contributed by atoms with Gasteiger partial charge in [-0.25, -0.2) is 4.39 Å². The van der Waals surface area contributed by atoms with Crippen molar-refractivity contribution in [3.8, 4) is 5.88 Å². The van der Waals surface area contributed by atoms with Gasteiger partial charge in [0.2, 0.25) is 11.0 Å². The van der Waals surface area contributed by atoms with Crippen molar-refractivity contribution in [3.05, 3.63) is 24.0 Å². The molecule has 0 spiro atoms. The molecule has 0 bridgehead atoms. The quantitative estimate of drug-likeness (QED) is 0.644. The van der Waals surface area contributed by atoms with Crippen LogP contribution in [0, 0.1) is 5.82 Å². The van der Waals surface area contributed by atoms with Crippen molar-refractivity contribution in [3.63, 3.8) is 0 Å². The van der Waals surface area contributed by atoms with Crippen molar-refractivity contribution in [1.82, 2.24) is 14.8 Å². The topological polar surface area (TPSA) is 74.4 Å². The molecule has 2 aromatic rings. The summed E-state index contributed by atoms with van der Waals surface area (Å²) in [7, 11) is 0. The molecular formula is C16H20FN5O2S. The van der Waals surface area contributed by atoms with Gasteiger partial charge in [-0.15, -0.1) is 10.2 Å². The van der Waals surface area contributed by atoms with E-state index in [4.69, 9.17) is 17.0 Å². The van der Waals surface area contributed by atoms with Crippen molar-refractivity contribution in [2.24, 2.45) is 10.2 Å². The van der Waals surface area contributed by atoms with Crippen LogP contribution in [0.3, 0.4) is 0 Å². The first-order valence-corrected chi connectivity index (χ1v) is 8.51. The van der Waals surface area contributed by atoms with E-state index in [1.165, 1.54) is 12.1 Å². The zero-order valence-electron chi connectivity index (χ0n) is 13.9. The summed E-state index contributed by atoms with van der Waals surface area (Å²) < 4.78 is 20.8. The molecule has 1 aliphatic heterocycles. The van der Waals surface area contributed by atoms with Crippen LogP contribution in [0.2, 0.25) is 0 Å². The number of fused-ring (bicyclic) bond motifs is 1. The van der Waals surface area contributed by atoms with Gasteiger partial charge in [-0.3, -0.25) is 9.47 Å². The number of hydrogen-bond acceptors (Lipinski definition) is 5. The number of azo groups is 1. The van der Waals surface area contributed by atoms with E-state index in [0.717, 1.165) is 13.1 Å². The Hall–Kier alpha value is -2.10. The SMILES string of the molecule is CCNC(=S)N=Nc1c(O)n(CN2CCOCC2)c2ccc(F)cc12. The normalized spacial score (nSPS) is 15.9. The maximum Gasteiger partial charge on any atom is 0.221 e. The molecule has 1 saturated heterocycles. The Morgan fingerprint density at radius 1 is 1.40 bits per heavy atom. The van der Waals surface area contributed by atoms with E-state index in [2.05, 4.69) is 20.4 Å². The molecule has 2 heterocycles. The van der Waals surface area contributed by atoms with Crippen LogP contribution in [0.1, 0.15) is 6.92 Å². The largest absolute Gasteiger partial charge is 0.493 e. The van der Waals surface area contributed by atoms with Crippen LogP contribution in [-0.2, 0) is 11.4 Å². The van der Waals surface area contributed by atoms with Gasteiger partial charge < -0.3 is 15.2 Å². The molecule has 1 aromatic carbocycles. The second kappa shape index (κ2) is 7.85. The molecule has 2 N–H and O–H groups in total. The number of halogens is 1. The number of hydrogen-bond donors (Lipinski definition) is 2. The van der Waals surface area contributed by atoms with Crippen molar-refractivity contribution in [2.45, 2.75) is 13.6 Å². The van der Waals surface area contributed by atoms with Gasteiger partial charge in [0.05, 0.1) is 25.4 Å². The monoisotopic (exact) mass is 365 g/mol. The number of aromatic hydroxyl groups is 1. The summed E-state index contributed by atoms with van der Waals surface area (Å²) in [5.74, 6) is -0.461. The van der Waals surface area contributed by atoms with Gasteiger partial charge in [0.1, 0.15) is 5.82 Å². The molecule has 134 valence electrons. The highest BCUT2D eigenvalue weighted by molar-refractivity contribution is 7.80. The lowest BCUT2D eigenvalue weighted by Crippen LogP contribution is -2.37. The van der Waals surface area contributed by atoms with Gasteiger partial charge in [-0.1, -0.05) is 0 Å². The molecule has 7 nitrogen and oxygen atoms in total. The Labute approximate surface area is 150 Å². The van der Waals surface area contributed by atoms with Crippen LogP contribution in [0.25, 0.3) is 10.9 Å². The number of nitrogens with one attached hydrogen (secondary N) is 1. The summed E-state index contributed by atoms with van der Waals surface area (Å²) in [5, 5.41) is 22.2. The van der Waals surface area contributed by atoms with Crippen LogP contribution in [0.4, 0.5) is 10.1 Å². The van der Waals surface area contributed by atoms with Gasteiger partial charge in [0.15, 0.2) is 5.69 Å². The highest BCUT2D eigenvalue weighted by Gasteiger charge is 2.20. The molecular weight excluding hydrogens is 345 g/mol. The average Bonchev–Trinajstić information content (AvgIpc) is 2.85. The van der Waals surface area contributed by atoms with Crippen LogP contribution < -0.4 is 5.32 Å². The van der Waals surface area contributed by atoms with Crippen molar-refractivity contribution >= 4 is 33.9 Å². The van der Waals surface area contributed by atoms with E-state index in [1.807, 2.05) is 6.92 Å². The molecule has 9 heteroatoms. The highest BCUT2D eigenvalue weighted by Crippen LogP contribution is 2.39. The molecule has 0 amide bonds. The third-order valence-corrected chi connectivity index (χ3v) is 4.21. The molecule has 25 heavy (non-hydrogen) atoms. The molecule has 3 rings (SSSR count). The van der Waals surface area contributed by atoms with E-state index in [0.29, 0.717) is 37.3 Å². The van der Waals surface area contributed by atoms with Gasteiger partial charge in [-0.2, -0.15) is 0 Å². The first-order chi connectivity index (χ1) is 12.1. The molecule has 0 unspecified atom stereocenters. The second-order valence-corrected chi connectivity index (χ2v) is 6.06. The summed E-state index contributed by atoms with van der Waals surface area (Å²) in [6.07, 6.45) is 0. The highest BCUT2D eigenvalue weighted by atomic mass is 32.1. The fourth-order valence-electron chi connectivity index (χ4n) is 2.76. The number of ether oxygens (including phenoxy) is 1. The number of nitrogens with zero attached hydrogens (tertiary/aromatic N) is 4. The van der Waals surface area contributed by atoms with Crippen LogP contribution in [0.5, 0.6) is 5.88 Å². The van der Waals surface area contributed by atoms with E-state index in [9.17, 15) is 9.50 Å². The number of morpholine rings is 1. The standard InChI is InChI=1S/C16H20FN5O2S/c1-2-18-16(25)20-19-14-12-9-11(17)3-4-13(12)22(15(14)23)10-21-5-7-24-8-6-21/h3-4,9,23H,2,5-8,10H2,1H3,(H,18,25). The van der Waals surface area contributed by atoms with Crippen LogP contribution in [-0.4, -0.2) is 52.5 Å². The van der Waals surface area contributed by atoms with Crippen molar-refractivity contribution in [2.75, 3.05) is 32.8 Å². The van der Waals surface area contributed by atoms with Gasteiger partial charge >= 0.3 is 0 Å². The van der Waals surface area contributed by atoms with Crippen LogP contribution >= 0.6 is 12.2 Å². The zero-order chi connectivity index (χ0) is 17.8. The van der Waals surface area contributed by atoms with Crippen molar-refractivity contribution < 1.29 is 14.2 Å². The van der Waals surface area contributed by atoms with Gasteiger partial charge in [0, 0.05) is 25.0 Å². The van der Waals surface area contributed by atoms with Gasteiger partial charge in [0.25, 0.3) is 0 Å². The minimum absolute atomic E-state index is 0.0601. The summed E-state index contributed by atoms with van der Waals surface area (Å²) in [6, 6.07) is 4.34. The lowest BCUT2D eigenvalue weighted by molar-refractivity contribution is 0.0231. The first-order valence-electron chi connectivity index (χ1n) is 8.10. The van der Waals surface area contributed by atoms with E-state index >= 15 is 0 Å². The van der Waals surface area contributed by atoms with Gasteiger partial charge in [-0.05, 0) is 37.3 Å². The number of thiocarbonyl (C=S) groups is 1. The number of benzene rings is 1. The number of rotatable bonds is 4. The van der Waals surface area contributed by atoms with Crippen molar-refractivity contribution in [1.29, 1.82) is 0 Å². The minimum Gasteiger partial charge on any atom is -0.493 e. The predicted molar refractivity (Wildman–Crippen MR) is 96.7 cm³/mol. The molecule has 1 fully saturated rings. The summed E-state index contributed by atoms with van der Waals surface area (Å²) in [5.41, 5.74) is 0.900. The summed E-state index contributed by atoms with van der Waals surface area (Å²) >= 11 is 5.03. The molecule has 0 radical (unpaired) electrons. The Kier molecular flexibility index (Phi) is 5.57. The Bertz CT molecular complexity index is 801. The number of aromatic nitrogens is 1. The molecule has 1 aromatic heterocycles. The smallest absolute Gasteiger partial charge is 0.221 e. The fourth-order valence-corrected chi connectivity index (χ4v) is 2.95. The third-order valence-electron chi connectivity index (χ3n) is 3.99. The first kappa shape index (κ1) is 17.7. The Morgan fingerprint density at radius 2 is 2.16 bits per heavy atom. The Balaban J connectivity index is 1.99. The zero-order valence-corrected chi connectivity index (χ0v) is 14.7. The average molecular weight is 365 g/mol. The molecule has 1 aliphatic rings.